The number of benzene rings is 1. The predicted molar refractivity (Wildman–Crippen MR) is 102 cm³/mol. The van der Waals surface area contributed by atoms with Crippen molar-refractivity contribution < 1.29 is 23.9 Å². The summed E-state index contributed by atoms with van der Waals surface area (Å²) in [6, 6.07) is 8.00. The molecule has 2 fully saturated rings. The lowest BCUT2D eigenvalue weighted by Gasteiger charge is -2.59. The van der Waals surface area contributed by atoms with Gasteiger partial charge in [-0.25, -0.2) is 0 Å². The minimum atomic E-state index is -0.424. The second kappa shape index (κ2) is 6.56. The minimum Gasteiger partial charge on any atom is -0.467 e. The van der Waals surface area contributed by atoms with Crippen LogP contribution in [0.1, 0.15) is 62.5 Å². The van der Waals surface area contributed by atoms with Gasteiger partial charge in [-0.3, -0.25) is 19.3 Å². The summed E-state index contributed by atoms with van der Waals surface area (Å²) in [5, 5.41) is 13.0. The average Bonchev–Trinajstić information content (AvgIpc) is 3.26. The van der Waals surface area contributed by atoms with E-state index >= 15 is 0 Å². The van der Waals surface area contributed by atoms with Gasteiger partial charge in [-0.2, -0.15) is 0 Å². The monoisotopic (exact) mass is 394 g/mol. The van der Waals surface area contributed by atoms with E-state index in [9.17, 15) is 19.5 Å². The third-order valence-electron chi connectivity index (χ3n) is 6.90. The Morgan fingerprint density at radius 2 is 2.00 bits per heavy atom. The van der Waals surface area contributed by atoms with Crippen LogP contribution in [-0.4, -0.2) is 40.4 Å². The fraction of sp³-hybridized carbons (Fsp3) is 0.409. The molecule has 2 atom stereocenters. The van der Waals surface area contributed by atoms with Crippen molar-refractivity contribution in [1.29, 1.82) is 0 Å². The molecule has 2 saturated carbocycles. The molecule has 1 aromatic carbocycles. The number of carbonyl (C=O) groups is 3. The Bertz CT molecular complexity index is 993. The summed E-state index contributed by atoms with van der Waals surface area (Å²) in [5.41, 5.74) is 0.893. The molecule has 3 aliphatic rings. The van der Waals surface area contributed by atoms with Crippen molar-refractivity contribution in [3.8, 4) is 0 Å². The first-order valence-electron chi connectivity index (χ1n) is 9.98. The lowest BCUT2D eigenvalue weighted by Crippen LogP contribution is -2.60. The van der Waals surface area contributed by atoms with Crippen LogP contribution in [0.2, 0.25) is 0 Å². The number of rotatable bonds is 5. The second-order valence-electron chi connectivity index (χ2n) is 8.28. The van der Waals surface area contributed by atoms with Gasteiger partial charge in [-0.15, -0.1) is 0 Å². The van der Waals surface area contributed by atoms with E-state index in [2.05, 4.69) is 5.32 Å². The first-order chi connectivity index (χ1) is 14.0. The molecular weight excluding hydrogens is 372 g/mol. The molecule has 0 bridgehead atoms. The normalized spacial score (nSPS) is 24.2. The Hall–Kier alpha value is -2.93. The van der Waals surface area contributed by atoms with E-state index in [1.807, 2.05) is 0 Å². The van der Waals surface area contributed by atoms with Gasteiger partial charge in [0.05, 0.1) is 30.0 Å². The number of nitrogens with one attached hydrogen (secondary N) is 1. The van der Waals surface area contributed by atoms with Crippen LogP contribution < -0.4 is 5.32 Å². The molecule has 2 aliphatic carbocycles. The fourth-order valence-electron chi connectivity index (χ4n) is 4.92. The van der Waals surface area contributed by atoms with Crippen molar-refractivity contribution in [2.45, 2.75) is 38.3 Å². The van der Waals surface area contributed by atoms with Crippen LogP contribution in [0.3, 0.4) is 0 Å². The van der Waals surface area contributed by atoms with E-state index in [1.54, 1.807) is 18.2 Å². The Labute approximate surface area is 167 Å². The number of hydrogen-bond acceptors (Lipinski definition) is 5. The van der Waals surface area contributed by atoms with Gasteiger partial charge in [0, 0.05) is 17.5 Å². The number of aliphatic hydroxyl groups excluding tert-OH is 1. The number of carbonyl (C=O) groups excluding carboxylic acids is 3. The van der Waals surface area contributed by atoms with Crippen LogP contribution >= 0.6 is 0 Å². The van der Waals surface area contributed by atoms with E-state index in [1.165, 1.54) is 18.4 Å². The number of nitrogens with zero attached hydrogens (tertiary/aromatic N) is 1. The molecular formula is C22H22N2O5. The molecule has 1 spiro atoms. The zero-order valence-corrected chi connectivity index (χ0v) is 15.9. The Morgan fingerprint density at radius 1 is 1.21 bits per heavy atom. The molecule has 0 saturated heterocycles. The Morgan fingerprint density at radius 3 is 2.66 bits per heavy atom. The molecule has 1 aliphatic heterocycles. The van der Waals surface area contributed by atoms with Crippen molar-refractivity contribution in [1.82, 2.24) is 10.2 Å². The maximum absolute atomic E-state index is 12.7. The van der Waals surface area contributed by atoms with Crippen LogP contribution in [0, 0.1) is 11.3 Å². The van der Waals surface area contributed by atoms with E-state index in [0.717, 1.165) is 30.6 Å². The van der Waals surface area contributed by atoms with E-state index in [4.69, 9.17) is 4.42 Å². The summed E-state index contributed by atoms with van der Waals surface area (Å²) in [5.74, 6) is -0.259. The van der Waals surface area contributed by atoms with Gasteiger partial charge in [-0.05, 0) is 55.5 Å². The van der Waals surface area contributed by atoms with Crippen molar-refractivity contribution in [3.05, 3.63) is 59.0 Å². The van der Waals surface area contributed by atoms with Gasteiger partial charge in [0.25, 0.3) is 17.7 Å². The van der Waals surface area contributed by atoms with Crippen LogP contribution in [0.25, 0.3) is 0 Å². The zero-order valence-electron chi connectivity index (χ0n) is 15.9. The van der Waals surface area contributed by atoms with Crippen LogP contribution in [0.5, 0.6) is 0 Å². The van der Waals surface area contributed by atoms with Crippen LogP contribution in [0.15, 0.2) is 41.0 Å². The van der Waals surface area contributed by atoms with E-state index < -0.39 is 5.91 Å². The van der Waals surface area contributed by atoms with E-state index in [0.29, 0.717) is 29.3 Å². The third kappa shape index (κ3) is 2.72. The summed E-state index contributed by atoms with van der Waals surface area (Å²) in [4.78, 5) is 39.0. The Balaban J connectivity index is 1.28. The standard InChI is InChI=1S/C22H22N2O5/c25-18-10-14(22(18)6-2-7-22)11-23-19(26)13-4-5-16-17(9-13)21(28)24(20(16)27)12-15-3-1-8-29-15/h1,3-5,8-9,14,18,25H,2,6-7,10-12H2,(H,23,26). The maximum atomic E-state index is 12.7. The Kier molecular flexibility index (Phi) is 4.10. The van der Waals surface area contributed by atoms with Gasteiger partial charge in [0.1, 0.15) is 5.76 Å². The molecule has 2 aromatic rings. The molecule has 0 radical (unpaired) electrons. The smallest absolute Gasteiger partial charge is 0.261 e. The lowest BCUT2D eigenvalue weighted by molar-refractivity contribution is -0.167. The molecule has 2 N–H and O–H groups in total. The quantitative estimate of drug-likeness (QED) is 0.759. The van der Waals surface area contributed by atoms with Crippen molar-refractivity contribution >= 4 is 17.7 Å². The van der Waals surface area contributed by atoms with Crippen molar-refractivity contribution in [2.24, 2.45) is 11.3 Å². The van der Waals surface area contributed by atoms with Crippen molar-refractivity contribution in [2.75, 3.05) is 6.54 Å². The molecule has 150 valence electrons. The molecule has 2 unspecified atom stereocenters. The minimum absolute atomic E-state index is 0.0000467. The van der Waals surface area contributed by atoms with Crippen LogP contribution in [-0.2, 0) is 6.54 Å². The highest BCUT2D eigenvalue weighted by Gasteiger charge is 2.57. The molecule has 7 heteroatoms. The number of fused-ring (bicyclic) bond motifs is 1. The largest absolute Gasteiger partial charge is 0.467 e. The van der Waals surface area contributed by atoms with Crippen molar-refractivity contribution in [3.63, 3.8) is 0 Å². The van der Waals surface area contributed by atoms with Gasteiger partial charge in [-0.1, -0.05) is 6.42 Å². The first-order valence-corrected chi connectivity index (χ1v) is 9.98. The highest BCUT2D eigenvalue weighted by molar-refractivity contribution is 6.22. The van der Waals surface area contributed by atoms with Gasteiger partial charge in [0.15, 0.2) is 0 Å². The topological polar surface area (TPSA) is 99.8 Å². The van der Waals surface area contributed by atoms with Gasteiger partial charge < -0.3 is 14.8 Å². The highest BCUT2D eigenvalue weighted by atomic mass is 16.3. The SMILES string of the molecule is O=C(NCC1CC(O)C12CCC2)c1ccc2c(c1)C(=O)N(Cc1ccco1)C2=O. The summed E-state index contributed by atoms with van der Waals surface area (Å²) in [6.45, 7) is 0.581. The second-order valence-corrected chi connectivity index (χ2v) is 8.28. The van der Waals surface area contributed by atoms with Gasteiger partial charge in [0.2, 0.25) is 0 Å². The zero-order chi connectivity index (χ0) is 20.2. The molecule has 29 heavy (non-hydrogen) atoms. The summed E-state index contributed by atoms with van der Waals surface area (Å²) >= 11 is 0. The molecule has 2 heterocycles. The number of amides is 3. The third-order valence-corrected chi connectivity index (χ3v) is 6.90. The molecule has 7 nitrogen and oxygen atoms in total. The van der Waals surface area contributed by atoms with Crippen LogP contribution in [0.4, 0.5) is 0 Å². The first kappa shape index (κ1) is 18.1. The molecule has 1 aromatic heterocycles. The summed E-state index contributed by atoms with van der Waals surface area (Å²) in [6.07, 6.45) is 5.15. The average molecular weight is 394 g/mol. The fourth-order valence-corrected chi connectivity index (χ4v) is 4.92. The molecule has 5 rings (SSSR count). The van der Waals surface area contributed by atoms with Gasteiger partial charge >= 0.3 is 0 Å². The van der Waals surface area contributed by atoms with E-state index in [-0.39, 0.29) is 35.4 Å². The number of hydrogen-bond donors (Lipinski definition) is 2. The lowest BCUT2D eigenvalue weighted by atomic mass is 9.48. The number of aliphatic hydroxyl groups is 1. The highest BCUT2D eigenvalue weighted by Crippen LogP contribution is 2.59. The predicted octanol–water partition coefficient (Wildman–Crippen LogP) is 2.36. The number of imide groups is 1. The maximum Gasteiger partial charge on any atom is 0.261 e. The summed E-state index contributed by atoms with van der Waals surface area (Å²) in [7, 11) is 0. The molecule has 3 amide bonds. The number of furan rings is 1. The summed E-state index contributed by atoms with van der Waals surface area (Å²) < 4.78 is 5.23.